The number of aromatic amines is 2. The number of halogens is 2. The van der Waals surface area contributed by atoms with Crippen LogP contribution in [-0.4, -0.2) is 62.9 Å². The zero-order valence-corrected chi connectivity index (χ0v) is 32.8. The standard InChI is InChI=1S/2C22H18FN5O2.CH4/c1-13-10-27(12-24-13)19-7-16-17-9-25-28(11-14-3-5-15(23)6-4-14)22(29)21(17)26-18(16)8-20(19)30-2;1-13-10-27(12-24-13)18-8-7-17-19(21(18)30-2)16-9-25-28(22(29)20(16)26-17)11-14-3-5-15(23)6-4-14;/h2*3-10,12,26H,11H2,1-2H3;1H4. The number of nitrogens with one attached hydrogen (secondary N) is 2. The number of aryl methyl sites for hydroxylation is 2. The van der Waals surface area contributed by atoms with Gasteiger partial charge < -0.3 is 28.6 Å². The molecule has 61 heavy (non-hydrogen) atoms. The van der Waals surface area contributed by atoms with Gasteiger partial charge >= 0.3 is 0 Å². The summed E-state index contributed by atoms with van der Waals surface area (Å²) in [6.45, 7) is 4.34. The van der Waals surface area contributed by atoms with Crippen LogP contribution in [0.3, 0.4) is 0 Å². The first-order valence-corrected chi connectivity index (χ1v) is 18.8. The molecule has 16 heteroatoms. The molecule has 10 rings (SSSR count). The zero-order chi connectivity index (χ0) is 41.7. The third-order valence-electron chi connectivity index (χ3n) is 10.3. The summed E-state index contributed by atoms with van der Waals surface area (Å²) in [5, 5.41) is 11.7. The molecule has 6 aromatic heterocycles. The van der Waals surface area contributed by atoms with E-state index in [9.17, 15) is 18.4 Å². The molecule has 0 bridgehead atoms. The summed E-state index contributed by atoms with van der Waals surface area (Å²) in [6, 6.07) is 19.7. The van der Waals surface area contributed by atoms with Crippen LogP contribution in [0.15, 0.2) is 120 Å². The van der Waals surface area contributed by atoms with Gasteiger partial charge in [-0.25, -0.2) is 28.1 Å². The largest absolute Gasteiger partial charge is 0.494 e. The van der Waals surface area contributed by atoms with E-state index in [4.69, 9.17) is 9.47 Å². The zero-order valence-electron chi connectivity index (χ0n) is 32.8. The van der Waals surface area contributed by atoms with Gasteiger partial charge in [-0.1, -0.05) is 31.7 Å². The third kappa shape index (κ3) is 7.39. The monoisotopic (exact) mass is 822 g/mol. The van der Waals surface area contributed by atoms with Crippen LogP contribution < -0.4 is 20.6 Å². The number of hydrogen-bond acceptors (Lipinski definition) is 8. The molecule has 0 fully saturated rings. The van der Waals surface area contributed by atoms with Crippen molar-refractivity contribution in [2.24, 2.45) is 0 Å². The maximum absolute atomic E-state index is 13.2. The molecule has 0 saturated carbocycles. The smallest absolute Gasteiger partial charge is 0.291 e. The van der Waals surface area contributed by atoms with Gasteiger partial charge in [-0.3, -0.25) is 9.59 Å². The molecule has 2 N–H and O–H groups in total. The van der Waals surface area contributed by atoms with Crippen molar-refractivity contribution < 1.29 is 18.3 Å². The van der Waals surface area contributed by atoms with Gasteiger partial charge in [0.2, 0.25) is 0 Å². The molecule has 4 aromatic carbocycles. The Morgan fingerprint density at radius 2 is 1.15 bits per heavy atom. The minimum atomic E-state index is -0.318. The van der Waals surface area contributed by atoms with E-state index in [1.165, 1.54) is 33.6 Å². The van der Waals surface area contributed by atoms with Gasteiger partial charge in [-0.2, -0.15) is 10.2 Å². The summed E-state index contributed by atoms with van der Waals surface area (Å²) in [7, 11) is 3.21. The molecule has 0 amide bonds. The molecule has 0 aliphatic heterocycles. The van der Waals surface area contributed by atoms with Crippen LogP contribution in [0.1, 0.15) is 29.9 Å². The number of fused-ring (bicyclic) bond motifs is 6. The van der Waals surface area contributed by atoms with E-state index in [-0.39, 0.29) is 43.3 Å². The molecule has 0 aliphatic carbocycles. The van der Waals surface area contributed by atoms with Crippen molar-refractivity contribution in [1.82, 2.24) is 48.6 Å². The Balaban J connectivity index is 0.000000166. The van der Waals surface area contributed by atoms with Crippen LogP contribution in [-0.2, 0) is 13.1 Å². The molecular formula is C45H40F2N10O4. The summed E-state index contributed by atoms with van der Waals surface area (Å²) < 4.78 is 44.1. The van der Waals surface area contributed by atoms with E-state index in [1.54, 1.807) is 63.5 Å². The third-order valence-corrected chi connectivity index (χ3v) is 10.3. The van der Waals surface area contributed by atoms with Crippen molar-refractivity contribution in [3.63, 3.8) is 0 Å². The van der Waals surface area contributed by atoms with Crippen LogP contribution in [0.25, 0.3) is 55.0 Å². The quantitative estimate of drug-likeness (QED) is 0.158. The lowest BCUT2D eigenvalue weighted by atomic mass is 10.1. The number of aromatic nitrogens is 10. The number of methoxy groups -OCH3 is 2. The van der Waals surface area contributed by atoms with E-state index in [2.05, 4.69) is 30.1 Å². The van der Waals surface area contributed by atoms with Crippen LogP contribution >= 0.6 is 0 Å². The fraction of sp³-hybridized carbons (Fsp3) is 0.156. The topological polar surface area (TPSA) is 155 Å². The Labute approximate surface area is 346 Å². The number of nitrogens with zero attached hydrogens (tertiary/aromatic N) is 8. The molecule has 14 nitrogen and oxygen atoms in total. The molecule has 0 spiro atoms. The van der Waals surface area contributed by atoms with E-state index < -0.39 is 0 Å². The Hall–Kier alpha value is -7.88. The van der Waals surface area contributed by atoms with Gasteiger partial charge in [0.15, 0.2) is 5.75 Å². The number of ether oxygens (including phenoxy) is 2. The molecule has 0 atom stereocenters. The van der Waals surface area contributed by atoms with Crippen molar-refractivity contribution in [2.75, 3.05) is 14.2 Å². The summed E-state index contributed by atoms with van der Waals surface area (Å²) in [4.78, 5) is 41.1. The van der Waals surface area contributed by atoms with Crippen LogP contribution in [0.2, 0.25) is 0 Å². The van der Waals surface area contributed by atoms with Gasteiger partial charge in [0.1, 0.15) is 28.4 Å². The van der Waals surface area contributed by atoms with Gasteiger partial charge in [0.25, 0.3) is 11.1 Å². The second-order valence-corrected chi connectivity index (χ2v) is 14.2. The molecule has 0 unspecified atom stereocenters. The first kappa shape index (κ1) is 39.9. The summed E-state index contributed by atoms with van der Waals surface area (Å²) in [5.41, 5.74) is 6.97. The molecule has 0 radical (unpaired) electrons. The van der Waals surface area contributed by atoms with Gasteiger partial charge in [-0.05, 0) is 67.4 Å². The van der Waals surface area contributed by atoms with E-state index in [1.807, 2.05) is 59.6 Å². The molecule has 0 saturated heterocycles. The number of imidazole rings is 2. The highest BCUT2D eigenvalue weighted by atomic mass is 19.1. The summed E-state index contributed by atoms with van der Waals surface area (Å²) in [6.07, 6.45) is 10.6. The lowest BCUT2D eigenvalue weighted by Gasteiger charge is -2.10. The van der Waals surface area contributed by atoms with Gasteiger partial charge in [0, 0.05) is 34.6 Å². The average Bonchev–Trinajstić information content (AvgIpc) is 4.06. The number of rotatable bonds is 8. The SMILES string of the molecule is C.COc1c(-n2cnc(C)c2)ccc2[nH]c3c(=O)n(Cc4ccc(F)cc4)ncc3c12.COc1cc2[nH]c3c(=O)n(Cc4ccc(F)cc4)ncc3c2cc1-n1cnc(C)c1. The number of H-pyrrole nitrogens is 2. The highest BCUT2D eigenvalue weighted by molar-refractivity contribution is 6.11. The maximum Gasteiger partial charge on any atom is 0.291 e. The van der Waals surface area contributed by atoms with Crippen molar-refractivity contribution in [1.29, 1.82) is 0 Å². The Kier molecular flexibility index (Phi) is 10.5. The summed E-state index contributed by atoms with van der Waals surface area (Å²) in [5.74, 6) is 0.656. The van der Waals surface area contributed by atoms with Crippen molar-refractivity contribution >= 4 is 43.6 Å². The average molecular weight is 823 g/mol. The maximum atomic E-state index is 13.2. The number of benzene rings is 4. The van der Waals surface area contributed by atoms with Crippen LogP contribution in [0.5, 0.6) is 11.5 Å². The predicted molar refractivity (Wildman–Crippen MR) is 230 cm³/mol. The molecule has 10 aromatic rings. The Morgan fingerprint density at radius 1 is 0.623 bits per heavy atom. The Morgan fingerprint density at radius 3 is 1.67 bits per heavy atom. The molecule has 0 aliphatic rings. The molecular weight excluding hydrogens is 783 g/mol. The van der Waals surface area contributed by atoms with Crippen molar-refractivity contribution in [2.45, 2.75) is 34.4 Å². The normalized spacial score (nSPS) is 11.2. The first-order valence-electron chi connectivity index (χ1n) is 18.8. The van der Waals surface area contributed by atoms with E-state index >= 15 is 0 Å². The van der Waals surface area contributed by atoms with E-state index in [0.29, 0.717) is 27.9 Å². The fourth-order valence-corrected chi connectivity index (χ4v) is 7.35. The van der Waals surface area contributed by atoms with Crippen molar-refractivity contribution in [3.8, 4) is 22.9 Å². The van der Waals surface area contributed by atoms with Gasteiger partial charge in [0.05, 0.1) is 91.5 Å². The minimum Gasteiger partial charge on any atom is -0.494 e. The van der Waals surface area contributed by atoms with Crippen LogP contribution in [0, 0.1) is 25.5 Å². The fourth-order valence-electron chi connectivity index (χ4n) is 7.35. The van der Waals surface area contributed by atoms with Gasteiger partial charge in [-0.15, -0.1) is 0 Å². The summed E-state index contributed by atoms with van der Waals surface area (Å²) >= 11 is 0. The molecule has 6 heterocycles. The second-order valence-electron chi connectivity index (χ2n) is 14.2. The lowest BCUT2D eigenvalue weighted by Crippen LogP contribution is -2.23. The highest BCUT2D eigenvalue weighted by Gasteiger charge is 2.19. The number of hydrogen-bond donors (Lipinski definition) is 2. The lowest BCUT2D eigenvalue weighted by molar-refractivity contribution is 0.413. The Bertz CT molecular complexity index is 3300. The van der Waals surface area contributed by atoms with Crippen LogP contribution in [0.4, 0.5) is 8.78 Å². The minimum absolute atomic E-state index is 0. The first-order chi connectivity index (χ1) is 29.1. The molecule has 308 valence electrons. The highest BCUT2D eigenvalue weighted by Crippen LogP contribution is 2.37. The van der Waals surface area contributed by atoms with Crippen molar-refractivity contribution in [3.05, 3.63) is 165 Å². The predicted octanol–water partition coefficient (Wildman–Crippen LogP) is 7.77. The second kappa shape index (κ2) is 16.1. The van der Waals surface area contributed by atoms with E-state index in [0.717, 1.165) is 61.1 Å².